The minimum Gasteiger partial charge on any atom is -0.493 e. The fourth-order valence-corrected chi connectivity index (χ4v) is 1.36. The van der Waals surface area contributed by atoms with Gasteiger partial charge in [0.15, 0.2) is 0 Å². The molecule has 1 rings (SSSR count). The summed E-state index contributed by atoms with van der Waals surface area (Å²) < 4.78 is 5.54. The van der Waals surface area contributed by atoms with Crippen LogP contribution in [-0.4, -0.2) is 17.7 Å². The van der Waals surface area contributed by atoms with Gasteiger partial charge < -0.3 is 4.74 Å². The summed E-state index contributed by atoms with van der Waals surface area (Å²) in [6.45, 7) is 4.71. The second-order valence-electron chi connectivity index (χ2n) is 3.68. The first-order valence-corrected chi connectivity index (χ1v) is 5.53. The molecule has 0 saturated carbocycles. The Bertz CT molecular complexity index is 413. The molecule has 4 nitrogen and oxygen atoms in total. The van der Waals surface area contributed by atoms with Crippen molar-refractivity contribution in [3.05, 3.63) is 35.4 Å². The van der Waals surface area contributed by atoms with E-state index in [0.29, 0.717) is 6.61 Å². The molecule has 92 valence electrons. The normalized spacial score (nSPS) is 10.5. The van der Waals surface area contributed by atoms with Gasteiger partial charge in [-0.25, -0.2) is 5.48 Å². The largest absolute Gasteiger partial charge is 0.493 e. The van der Waals surface area contributed by atoms with Crippen LogP contribution in [0.2, 0.25) is 0 Å². The number of hydrogen-bond donors (Lipinski definition) is 2. The van der Waals surface area contributed by atoms with Crippen molar-refractivity contribution < 1.29 is 14.7 Å². The van der Waals surface area contributed by atoms with Crippen LogP contribution in [0.25, 0.3) is 6.08 Å². The zero-order valence-electron chi connectivity index (χ0n) is 10.1. The number of rotatable bonds is 5. The van der Waals surface area contributed by atoms with Crippen molar-refractivity contribution in [1.29, 1.82) is 0 Å². The molecule has 1 aromatic rings. The van der Waals surface area contributed by atoms with Crippen molar-refractivity contribution in [3.8, 4) is 5.75 Å². The Labute approximate surface area is 101 Å². The predicted octanol–water partition coefficient (Wildman–Crippen LogP) is 2.30. The number of carbonyl (C=O) groups is 1. The monoisotopic (exact) mass is 235 g/mol. The SMILES string of the molecule is CCCOc1ccc(/C=C/C(=O)NO)cc1C. The van der Waals surface area contributed by atoms with Crippen LogP contribution in [0.3, 0.4) is 0 Å². The van der Waals surface area contributed by atoms with E-state index in [1.807, 2.05) is 25.1 Å². The molecule has 0 aliphatic carbocycles. The van der Waals surface area contributed by atoms with Gasteiger partial charge in [-0.05, 0) is 42.7 Å². The number of aryl methyl sites for hydroxylation is 1. The summed E-state index contributed by atoms with van der Waals surface area (Å²) in [5, 5.41) is 8.34. The second-order valence-corrected chi connectivity index (χ2v) is 3.68. The number of carbonyl (C=O) groups excluding carboxylic acids is 1. The van der Waals surface area contributed by atoms with Crippen LogP contribution < -0.4 is 10.2 Å². The molecule has 0 spiro atoms. The van der Waals surface area contributed by atoms with Gasteiger partial charge in [-0.15, -0.1) is 0 Å². The van der Waals surface area contributed by atoms with Gasteiger partial charge >= 0.3 is 0 Å². The minimum atomic E-state index is -0.547. The molecule has 1 aromatic carbocycles. The van der Waals surface area contributed by atoms with Gasteiger partial charge in [0.1, 0.15) is 5.75 Å². The molecule has 17 heavy (non-hydrogen) atoms. The summed E-state index contributed by atoms with van der Waals surface area (Å²) in [6.07, 6.45) is 3.86. The first-order chi connectivity index (χ1) is 8.17. The Morgan fingerprint density at radius 2 is 2.29 bits per heavy atom. The summed E-state index contributed by atoms with van der Waals surface area (Å²) in [7, 11) is 0. The van der Waals surface area contributed by atoms with Gasteiger partial charge in [-0.2, -0.15) is 0 Å². The molecule has 0 radical (unpaired) electrons. The van der Waals surface area contributed by atoms with Gasteiger partial charge in [0.2, 0.25) is 0 Å². The standard InChI is InChI=1S/C13H17NO3/c1-3-8-17-12-6-4-11(9-10(12)2)5-7-13(15)14-16/h4-7,9,16H,3,8H2,1-2H3,(H,14,15)/b7-5+. The molecule has 4 heteroatoms. The Morgan fingerprint density at radius 3 is 2.88 bits per heavy atom. The Kier molecular flexibility index (Phi) is 5.23. The van der Waals surface area contributed by atoms with Crippen LogP contribution in [0.1, 0.15) is 24.5 Å². The number of hydroxylamine groups is 1. The lowest BCUT2D eigenvalue weighted by molar-refractivity contribution is -0.124. The highest BCUT2D eigenvalue weighted by atomic mass is 16.5. The molecule has 0 fully saturated rings. The van der Waals surface area contributed by atoms with Crippen molar-refractivity contribution in [2.75, 3.05) is 6.61 Å². The molecule has 0 atom stereocenters. The van der Waals surface area contributed by atoms with Gasteiger partial charge in [-0.3, -0.25) is 10.0 Å². The highest BCUT2D eigenvalue weighted by Crippen LogP contribution is 2.19. The molecule has 0 aliphatic rings. The molecule has 0 saturated heterocycles. The lowest BCUT2D eigenvalue weighted by Gasteiger charge is -2.08. The predicted molar refractivity (Wildman–Crippen MR) is 65.9 cm³/mol. The summed E-state index contributed by atoms with van der Waals surface area (Å²) >= 11 is 0. The van der Waals surface area contributed by atoms with Gasteiger partial charge in [0.05, 0.1) is 6.61 Å². The molecule has 0 unspecified atom stereocenters. The van der Waals surface area contributed by atoms with Crippen LogP contribution in [0, 0.1) is 6.92 Å². The van der Waals surface area contributed by atoms with Crippen molar-refractivity contribution in [2.24, 2.45) is 0 Å². The fourth-order valence-electron chi connectivity index (χ4n) is 1.36. The maximum Gasteiger partial charge on any atom is 0.267 e. The summed E-state index contributed by atoms with van der Waals surface area (Å²) in [5.41, 5.74) is 3.44. The van der Waals surface area contributed by atoms with Crippen LogP contribution >= 0.6 is 0 Å². The molecular weight excluding hydrogens is 218 g/mol. The molecule has 0 aliphatic heterocycles. The maximum absolute atomic E-state index is 10.8. The van der Waals surface area contributed by atoms with Gasteiger partial charge in [0.25, 0.3) is 5.91 Å². The zero-order valence-corrected chi connectivity index (χ0v) is 10.1. The third-order valence-corrected chi connectivity index (χ3v) is 2.20. The van der Waals surface area contributed by atoms with Crippen LogP contribution in [0.5, 0.6) is 5.75 Å². The lowest BCUT2D eigenvalue weighted by atomic mass is 10.1. The highest BCUT2D eigenvalue weighted by molar-refractivity contribution is 5.90. The van der Waals surface area contributed by atoms with Crippen molar-refractivity contribution in [3.63, 3.8) is 0 Å². The second kappa shape index (κ2) is 6.70. The molecule has 0 aromatic heterocycles. The minimum absolute atomic E-state index is 0.547. The fraction of sp³-hybridized carbons (Fsp3) is 0.308. The third kappa shape index (κ3) is 4.28. The number of amides is 1. The third-order valence-electron chi connectivity index (χ3n) is 2.20. The van der Waals surface area contributed by atoms with E-state index in [-0.39, 0.29) is 0 Å². The number of nitrogens with one attached hydrogen (secondary N) is 1. The van der Waals surface area contributed by atoms with E-state index < -0.39 is 5.91 Å². The van der Waals surface area contributed by atoms with Crippen molar-refractivity contribution >= 4 is 12.0 Å². The highest BCUT2D eigenvalue weighted by Gasteiger charge is 1.99. The first kappa shape index (κ1) is 13.3. The number of benzene rings is 1. The van der Waals surface area contributed by atoms with Crippen LogP contribution in [0.15, 0.2) is 24.3 Å². The van der Waals surface area contributed by atoms with E-state index in [2.05, 4.69) is 6.92 Å². The van der Waals surface area contributed by atoms with Crippen molar-refractivity contribution in [1.82, 2.24) is 5.48 Å². The van der Waals surface area contributed by atoms with Gasteiger partial charge in [0, 0.05) is 6.08 Å². The zero-order chi connectivity index (χ0) is 12.7. The molecule has 0 heterocycles. The number of hydrogen-bond acceptors (Lipinski definition) is 3. The molecular formula is C13H17NO3. The van der Waals surface area contributed by atoms with E-state index in [0.717, 1.165) is 23.3 Å². The van der Waals surface area contributed by atoms with Crippen LogP contribution in [0.4, 0.5) is 0 Å². The Balaban J connectivity index is 2.74. The van der Waals surface area contributed by atoms with Crippen molar-refractivity contribution in [2.45, 2.75) is 20.3 Å². The average Bonchev–Trinajstić information content (AvgIpc) is 2.34. The number of ether oxygens (including phenoxy) is 1. The Morgan fingerprint density at radius 1 is 1.53 bits per heavy atom. The summed E-state index contributed by atoms with van der Waals surface area (Å²) in [5.74, 6) is 0.310. The van der Waals surface area contributed by atoms with E-state index in [1.165, 1.54) is 11.6 Å². The molecule has 1 amide bonds. The van der Waals surface area contributed by atoms with E-state index in [9.17, 15) is 4.79 Å². The maximum atomic E-state index is 10.8. The summed E-state index contributed by atoms with van der Waals surface area (Å²) in [6, 6.07) is 5.66. The molecule has 2 N–H and O–H groups in total. The van der Waals surface area contributed by atoms with E-state index >= 15 is 0 Å². The smallest absolute Gasteiger partial charge is 0.267 e. The summed E-state index contributed by atoms with van der Waals surface area (Å²) in [4.78, 5) is 10.8. The quantitative estimate of drug-likeness (QED) is 0.467. The van der Waals surface area contributed by atoms with E-state index in [4.69, 9.17) is 9.94 Å². The van der Waals surface area contributed by atoms with E-state index in [1.54, 1.807) is 6.08 Å². The molecule has 0 bridgehead atoms. The lowest BCUT2D eigenvalue weighted by Crippen LogP contribution is -2.14. The first-order valence-electron chi connectivity index (χ1n) is 5.53. The Hall–Kier alpha value is -1.81. The average molecular weight is 235 g/mol. The van der Waals surface area contributed by atoms with Gasteiger partial charge in [-0.1, -0.05) is 13.0 Å². The van der Waals surface area contributed by atoms with Crippen LogP contribution in [-0.2, 0) is 4.79 Å². The topological polar surface area (TPSA) is 58.6 Å².